The van der Waals surface area contributed by atoms with Crippen LogP contribution in [0.1, 0.15) is 24.6 Å². The van der Waals surface area contributed by atoms with Gasteiger partial charge in [-0.2, -0.15) is 0 Å². The first-order valence-corrected chi connectivity index (χ1v) is 7.34. The summed E-state index contributed by atoms with van der Waals surface area (Å²) in [4.78, 5) is 15.8. The zero-order valence-electron chi connectivity index (χ0n) is 13.8. The number of aromatic nitrogens is 1. The van der Waals surface area contributed by atoms with Gasteiger partial charge >= 0.3 is 5.97 Å². The number of nitrogens with zero attached hydrogens (tertiary/aromatic N) is 1. The molecular formula is C17H21N3O3. The second kappa shape index (κ2) is 7.00. The minimum absolute atomic E-state index is 0.298. The largest absolute Gasteiger partial charge is 0.493 e. The van der Waals surface area contributed by atoms with Gasteiger partial charge in [0.25, 0.3) is 0 Å². The zero-order chi connectivity index (χ0) is 17.0. The fraction of sp³-hybridized carbons (Fsp3) is 0.294. The van der Waals surface area contributed by atoms with Gasteiger partial charge in [-0.3, -0.25) is 4.79 Å². The standard InChI is InChI=1S/C17H21N3O3/c1-5-15(21)23-13-7-6-12(9-14(13)22-4)20-17-16(18)10(2)8-11(3)19-17/h6-9H,5,18H2,1-4H3,(H,19,20). The Labute approximate surface area is 135 Å². The number of nitrogens with two attached hydrogens (primary N) is 1. The molecule has 1 heterocycles. The van der Waals surface area contributed by atoms with Crippen LogP contribution in [0.25, 0.3) is 0 Å². The molecule has 0 bridgehead atoms. The number of rotatable bonds is 5. The van der Waals surface area contributed by atoms with Crippen LogP contribution in [0.3, 0.4) is 0 Å². The molecule has 6 nitrogen and oxygen atoms in total. The van der Waals surface area contributed by atoms with Gasteiger partial charge in [0.1, 0.15) is 0 Å². The lowest BCUT2D eigenvalue weighted by atomic mass is 10.2. The highest BCUT2D eigenvalue weighted by Crippen LogP contribution is 2.33. The molecule has 2 aromatic rings. The van der Waals surface area contributed by atoms with E-state index in [1.165, 1.54) is 7.11 Å². The van der Waals surface area contributed by atoms with E-state index in [1.54, 1.807) is 25.1 Å². The summed E-state index contributed by atoms with van der Waals surface area (Å²) >= 11 is 0. The van der Waals surface area contributed by atoms with Crippen LogP contribution in [0.4, 0.5) is 17.2 Å². The Kier molecular flexibility index (Phi) is 5.05. The lowest BCUT2D eigenvalue weighted by Gasteiger charge is -2.14. The Morgan fingerprint density at radius 3 is 2.65 bits per heavy atom. The molecule has 0 amide bonds. The van der Waals surface area contributed by atoms with Crippen molar-refractivity contribution in [2.75, 3.05) is 18.2 Å². The smallest absolute Gasteiger partial charge is 0.311 e. The molecule has 0 unspecified atom stereocenters. The lowest BCUT2D eigenvalue weighted by molar-refractivity contribution is -0.134. The van der Waals surface area contributed by atoms with E-state index in [0.717, 1.165) is 16.9 Å². The van der Waals surface area contributed by atoms with Gasteiger partial charge in [-0.1, -0.05) is 6.92 Å². The van der Waals surface area contributed by atoms with E-state index < -0.39 is 0 Å². The lowest BCUT2D eigenvalue weighted by Crippen LogP contribution is -2.07. The third-order valence-electron chi connectivity index (χ3n) is 3.33. The highest BCUT2D eigenvalue weighted by Gasteiger charge is 2.11. The highest BCUT2D eigenvalue weighted by molar-refractivity contribution is 5.75. The summed E-state index contributed by atoms with van der Waals surface area (Å²) in [5.74, 6) is 1.11. The third-order valence-corrected chi connectivity index (χ3v) is 3.33. The van der Waals surface area contributed by atoms with E-state index in [9.17, 15) is 4.79 Å². The summed E-state index contributed by atoms with van der Waals surface area (Å²) < 4.78 is 10.5. The number of ether oxygens (including phenoxy) is 2. The van der Waals surface area contributed by atoms with E-state index in [2.05, 4.69) is 10.3 Å². The molecule has 2 rings (SSSR count). The number of hydrogen-bond donors (Lipinski definition) is 2. The van der Waals surface area contributed by atoms with Gasteiger partial charge < -0.3 is 20.5 Å². The number of nitrogen functional groups attached to an aromatic ring is 1. The molecule has 1 aromatic carbocycles. The molecule has 122 valence electrons. The fourth-order valence-electron chi connectivity index (χ4n) is 2.10. The van der Waals surface area contributed by atoms with Crippen LogP contribution in [-0.2, 0) is 4.79 Å². The van der Waals surface area contributed by atoms with Crippen molar-refractivity contribution in [2.24, 2.45) is 0 Å². The normalized spacial score (nSPS) is 10.3. The maximum atomic E-state index is 11.4. The number of methoxy groups -OCH3 is 1. The summed E-state index contributed by atoms with van der Waals surface area (Å²) in [6, 6.07) is 7.11. The molecule has 0 aliphatic rings. The van der Waals surface area contributed by atoms with Gasteiger partial charge in [-0.25, -0.2) is 4.98 Å². The van der Waals surface area contributed by atoms with Crippen molar-refractivity contribution < 1.29 is 14.3 Å². The number of benzene rings is 1. The van der Waals surface area contributed by atoms with Gasteiger partial charge in [0.2, 0.25) is 0 Å². The number of nitrogens with one attached hydrogen (secondary N) is 1. The van der Waals surface area contributed by atoms with Crippen molar-refractivity contribution in [1.29, 1.82) is 0 Å². The molecule has 0 saturated carbocycles. The number of pyridine rings is 1. The Morgan fingerprint density at radius 1 is 1.26 bits per heavy atom. The highest BCUT2D eigenvalue weighted by atomic mass is 16.6. The molecule has 3 N–H and O–H groups in total. The molecule has 0 aliphatic heterocycles. The van der Waals surface area contributed by atoms with E-state index in [-0.39, 0.29) is 5.97 Å². The van der Waals surface area contributed by atoms with E-state index in [0.29, 0.717) is 29.4 Å². The summed E-state index contributed by atoms with van der Waals surface area (Å²) in [5.41, 5.74) is 9.22. The SMILES string of the molecule is CCC(=O)Oc1ccc(Nc2nc(C)cc(C)c2N)cc1OC. The Morgan fingerprint density at radius 2 is 2.00 bits per heavy atom. The van der Waals surface area contributed by atoms with Crippen molar-refractivity contribution in [3.63, 3.8) is 0 Å². The average molecular weight is 315 g/mol. The van der Waals surface area contributed by atoms with Gasteiger partial charge in [0.05, 0.1) is 12.8 Å². The molecule has 0 atom stereocenters. The van der Waals surface area contributed by atoms with Crippen LogP contribution in [0.5, 0.6) is 11.5 Å². The minimum Gasteiger partial charge on any atom is -0.493 e. The fourth-order valence-corrected chi connectivity index (χ4v) is 2.10. The van der Waals surface area contributed by atoms with Crippen molar-refractivity contribution in [2.45, 2.75) is 27.2 Å². The molecule has 0 radical (unpaired) electrons. The molecule has 0 aliphatic carbocycles. The molecule has 0 saturated heterocycles. The monoisotopic (exact) mass is 315 g/mol. The molecule has 0 fully saturated rings. The predicted molar refractivity (Wildman–Crippen MR) is 90.3 cm³/mol. The second-order valence-electron chi connectivity index (χ2n) is 5.16. The molecule has 6 heteroatoms. The number of hydrogen-bond acceptors (Lipinski definition) is 6. The van der Waals surface area contributed by atoms with E-state index >= 15 is 0 Å². The molecule has 23 heavy (non-hydrogen) atoms. The maximum Gasteiger partial charge on any atom is 0.311 e. The van der Waals surface area contributed by atoms with E-state index in [1.807, 2.05) is 19.9 Å². The summed E-state index contributed by atoms with van der Waals surface area (Å²) in [6.07, 6.45) is 0.298. The van der Waals surface area contributed by atoms with Crippen molar-refractivity contribution in [3.8, 4) is 11.5 Å². The Bertz CT molecular complexity index is 729. The first-order chi connectivity index (χ1) is 10.9. The van der Waals surface area contributed by atoms with Crippen LogP contribution in [0.15, 0.2) is 24.3 Å². The summed E-state index contributed by atoms with van der Waals surface area (Å²) in [6.45, 7) is 5.58. The van der Waals surface area contributed by atoms with Gasteiger partial charge in [-0.05, 0) is 37.6 Å². The number of aryl methyl sites for hydroxylation is 2. The van der Waals surface area contributed by atoms with Crippen LogP contribution in [-0.4, -0.2) is 18.1 Å². The molecule has 1 aromatic heterocycles. The second-order valence-corrected chi connectivity index (χ2v) is 5.16. The third kappa shape index (κ3) is 3.91. The first-order valence-electron chi connectivity index (χ1n) is 7.34. The van der Waals surface area contributed by atoms with Gasteiger partial charge in [0.15, 0.2) is 17.3 Å². The Hall–Kier alpha value is -2.76. The number of anilines is 3. The first kappa shape index (κ1) is 16.6. The number of esters is 1. The van der Waals surface area contributed by atoms with Crippen LogP contribution >= 0.6 is 0 Å². The number of carbonyl (C=O) groups excluding carboxylic acids is 1. The minimum atomic E-state index is -0.316. The molecule has 0 spiro atoms. The van der Waals surface area contributed by atoms with Gasteiger partial charge in [-0.15, -0.1) is 0 Å². The van der Waals surface area contributed by atoms with Crippen molar-refractivity contribution in [3.05, 3.63) is 35.5 Å². The Balaban J connectivity index is 2.30. The van der Waals surface area contributed by atoms with Crippen LogP contribution in [0.2, 0.25) is 0 Å². The maximum absolute atomic E-state index is 11.4. The predicted octanol–water partition coefficient (Wildman–Crippen LogP) is 3.35. The van der Waals surface area contributed by atoms with Gasteiger partial charge in [0, 0.05) is 23.9 Å². The average Bonchev–Trinajstić information content (AvgIpc) is 2.53. The zero-order valence-corrected chi connectivity index (χ0v) is 13.8. The molecular weight excluding hydrogens is 294 g/mol. The van der Waals surface area contributed by atoms with Crippen molar-refractivity contribution >= 4 is 23.2 Å². The van der Waals surface area contributed by atoms with Crippen LogP contribution in [0, 0.1) is 13.8 Å². The van der Waals surface area contributed by atoms with E-state index in [4.69, 9.17) is 15.2 Å². The summed E-state index contributed by atoms with van der Waals surface area (Å²) in [7, 11) is 1.52. The van der Waals surface area contributed by atoms with Crippen LogP contribution < -0.4 is 20.5 Å². The topological polar surface area (TPSA) is 86.5 Å². The number of carbonyl (C=O) groups is 1. The quantitative estimate of drug-likeness (QED) is 0.650. The van der Waals surface area contributed by atoms with Crippen molar-refractivity contribution in [1.82, 2.24) is 4.98 Å². The summed E-state index contributed by atoms with van der Waals surface area (Å²) in [5, 5.41) is 3.17.